The van der Waals surface area contributed by atoms with Crippen LogP contribution in [0.4, 0.5) is 14.5 Å². The molecule has 0 fully saturated rings. The Hall–Kier alpha value is -1.76. The zero-order chi connectivity index (χ0) is 15.3. The molecule has 1 N–H and O–H groups in total. The van der Waals surface area contributed by atoms with Crippen LogP contribution in [0.5, 0.6) is 0 Å². The number of nitro groups is 1. The van der Waals surface area contributed by atoms with Gasteiger partial charge in [-0.25, -0.2) is 8.78 Å². The van der Waals surface area contributed by atoms with Gasteiger partial charge in [-0.2, -0.15) is 0 Å². The number of amides is 1. The van der Waals surface area contributed by atoms with E-state index in [-0.39, 0.29) is 11.9 Å². The lowest BCUT2D eigenvalue weighted by molar-refractivity contribution is -0.385. The summed E-state index contributed by atoms with van der Waals surface area (Å²) in [5.41, 5.74) is -1.32. The van der Waals surface area contributed by atoms with Crippen molar-refractivity contribution >= 4 is 23.2 Å². The molecule has 20 heavy (non-hydrogen) atoms. The van der Waals surface area contributed by atoms with Crippen molar-refractivity contribution in [1.82, 2.24) is 5.32 Å². The second kappa shape index (κ2) is 7.14. The van der Waals surface area contributed by atoms with Crippen molar-refractivity contribution in [3.05, 3.63) is 39.4 Å². The second-order valence-electron chi connectivity index (χ2n) is 4.14. The van der Waals surface area contributed by atoms with E-state index < -0.39 is 33.7 Å². The summed E-state index contributed by atoms with van der Waals surface area (Å²) in [7, 11) is 0. The molecule has 0 aliphatic carbocycles. The Labute approximate surface area is 119 Å². The summed E-state index contributed by atoms with van der Waals surface area (Å²) < 4.78 is 26.1. The molecule has 1 amide bonds. The molecule has 1 unspecified atom stereocenters. The number of nitro benzene ring substituents is 1. The van der Waals surface area contributed by atoms with E-state index in [1.165, 1.54) is 0 Å². The molecule has 0 aliphatic heterocycles. The van der Waals surface area contributed by atoms with Crippen LogP contribution < -0.4 is 5.32 Å². The summed E-state index contributed by atoms with van der Waals surface area (Å²) in [6.45, 7) is 2.00. The predicted octanol–water partition coefficient (Wildman–Crippen LogP) is 3.01. The van der Waals surface area contributed by atoms with Crippen LogP contribution in [0.15, 0.2) is 12.1 Å². The van der Waals surface area contributed by atoms with Gasteiger partial charge < -0.3 is 5.32 Å². The summed E-state index contributed by atoms with van der Waals surface area (Å²) in [5.74, 6) is -3.57. The van der Waals surface area contributed by atoms with E-state index in [4.69, 9.17) is 11.6 Å². The smallest absolute Gasteiger partial charge is 0.285 e. The van der Waals surface area contributed by atoms with Gasteiger partial charge in [0.25, 0.3) is 11.6 Å². The van der Waals surface area contributed by atoms with Crippen LogP contribution in [0.3, 0.4) is 0 Å². The zero-order valence-electron chi connectivity index (χ0n) is 10.7. The van der Waals surface area contributed by atoms with Crippen LogP contribution in [0.2, 0.25) is 0 Å². The molecule has 1 rings (SSSR count). The van der Waals surface area contributed by atoms with Crippen LogP contribution in [0.25, 0.3) is 0 Å². The Morgan fingerprint density at radius 2 is 2.05 bits per heavy atom. The average molecular weight is 307 g/mol. The summed E-state index contributed by atoms with van der Waals surface area (Å²) in [5, 5.41) is 12.8. The fourth-order valence-electron chi connectivity index (χ4n) is 1.58. The molecule has 0 bridgehead atoms. The molecule has 1 aromatic carbocycles. The maximum Gasteiger partial charge on any atom is 0.285 e. The van der Waals surface area contributed by atoms with Crippen molar-refractivity contribution in [2.45, 2.75) is 25.1 Å². The summed E-state index contributed by atoms with van der Waals surface area (Å²) in [6, 6.07) is 0.889. The molecule has 0 radical (unpaired) electrons. The van der Waals surface area contributed by atoms with Gasteiger partial charge in [-0.1, -0.05) is 13.3 Å². The number of carbonyl (C=O) groups is 1. The molecule has 1 atom stereocenters. The monoisotopic (exact) mass is 306 g/mol. The highest BCUT2D eigenvalue weighted by Gasteiger charge is 2.24. The van der Waals surface area contributed by atoms with Crippen molar-refractivity contribution in [2.24, 2.45) is 0 Å². The minimum atomic E-state index is -1.38. The fourth-order valence-corrected chi connectivity index (χ4v) is 1.88. The second-order valence-corrected chi connectivity index (χ2v) is 4.75. The van der Waals surface area contributed by atoms with Gasteiger partial charge in [0.15, 0.2) is 11.6 Å². The number of hydrogen-bond donors (Lipinski definition) is 1. The highest BCUT2D eigenvalue weighted by molar-refractivity contribution is 6.21. The van der Waals surface area contributed by atoms with Crippen molar-refractivity contribution in [2.75, 3.05) is 6.54 Å². The molecule has 0 aliphatic rings. The normalized spacial score (nSPS) is 12.0. The molecule has 0 saturated carbocycles. The lowest BCUT2D eigenvalue weighted by Crippen LogP contribution is -2.30. The summed E-state index contributed by atoms with van der Waals surface area (Å²) in [6.07, 6.45) is 1.47. The minimum absolute atomic E-state index is 0.0877. The van der Waals surface area contributed by atoms with E-state index >= 15 is 0 Å². The number of alkyl halides is 1. The molecule has 5 nitrogen and oxygen atoms in total. The van der Waals surface area contributed by atoms with Crippen LogP contribution in [0.1, 0.15) is 30.1 Å². The standard InChI is InChI=1S/C12H13ClF2N2O3/c1-2-3-7(13)6-16-12(18)8-4-9(14)10(15)5-11(8)17(19)20/h4-5,7H,2-3,6H2,1H3,(H,16,18). The zero-order valence-corrected chi connectivity index (χ0v) is 11.4. The Balaban J connectivity index is 2.92. The van der Waals surface area contributed by atoms with Gasteiger partial charge in [-0.3, -0.25) is 14.9 Å². The third-order valence-electron chi connectivity index (χ3n) is 2.57. The topological polar surface area (TPSA) is 72.2 Å². The number of nitrogens with zero attached hydrogens (tertiary/aromatic N) is 1. The third-order valence-corrected chi connectivity index (χ3v) is 2.94. The van der Waals surface area contributed by atoms with Crippen LogP contribution in [-0.2, 0) is 0 Å². The third kappa shape index (κ3) is 4.12. The van der Waals surface area contributed by atoms with Gasteiger partial charge in [-0.05, 0) is 12.5 Å². The van der Waals surface area contributed by atoms with Gasteiger partial charge in [0.2, 0.25) is 0 Å². The Bertz CT molecular complexity index is 526. The van der Waals surface area contributed by atoms with E-state index in [1.807, 2.05) is 6.92 Å². The SMILES string of the molecule is CCCC(Cl)CNC(=O)c1cc(F)c(F)cc1[N+](=O)[O-]. The van der Waals surface area contributed by atoms with E-state index in [1.54, 1.807) is 0 Å². The largest absolute Gasteiger partial charge is 0.350 e. The van der Waals surface area contributed by atoms with Crippen molar-refractivity contribution in [3.63, 3.8) is 0 Å². The molecule has 0 aromatic heterocycles. The Kier molecular flexibility index (Phi) is 5.82. The maximum absolute atomic E-state index is 13.1. The number of benzene rings is 1. The summed E-state index contributed by atoms with van der Waals surface area (Å²) >= 11 is 5.89. The van der Waals surface area contributed by atoms with Gasteiger partial charge in [0.05, 0.1) is 16.4 Å². The average Bonchev–Trinajstić information content (AvgIpc) is 2.38. The number of carbonyl (C=O) groups excluding carboxylic acids is 1. The van der Waals surface area contributed by atoms with Crippen molar-refractivity contribution in [3.8, 4) is 0 Å². The van der Waals surface area contributed by atoms with Crippen LogP contribution in [-0.4, -0.2) is 22.8 Å². The predicted molar refractivity (Wildman–Crippen MR) is 69.9 cm³/mol. The molecule has 1 aromatic rings. The molecule has 0 heterocycles. The molecule has 110 valence electrons. The first-order valence-corrected chi connectivity index (χ1v) is 6.36. The first kappa shape index (κ1) is 16.3. The maximum atomic E-state index is 13.1. The highest BCUT2D eigenvalue weighted by Crippen LogP contribution is 2.22. The van der Waals surface area contributed by atoms with Gasteiger partial charge >= 0.3 is 0 Å². The van der Waals surface area contributed by atoms with Crippen LogP contribution in [0, 0.1) is 21.7 Å². The summed E-state index contributed by atoms with van der Waals surface area (Å²) in [4.78, 5) is 21.6. The number of hydrogen-bond acceptors (Lipinski definition) is 3. The number of nitrogens with one attached hydrogen (secondary N) is 1. The van der Waals surface area contributed by atoms with Gasteiger partial charge in [-0.15, -0.1) is 11.6 Å². The van der Waals surface area contributed by atoms with Gasteiger partial charge in [0, 0.05) is 6.54 Å². The molecule has 0 spiro atoms. The molecular formula is C12H13ClF2N2O3. The first-order chi connectivity index (χ1) is 9.36. The van der Waals surface area contributed by atoms with E-state index in [2.05, 4.69) is 5.32 Å². The lowest BCUT2D eigenvalue weighted by atomic mass is 10.1. The number of rotatable bonds is 6. The van der Waals surface area contributed by atoms with Crippen molar-refractivity contribution in [1.29, 1.82) is 0 Å². The van der Waals surface area contributed by atoms with E-state index in [9.17, 15) is 23.7 Å². The number of halogens is 3. The highest BCUT2D eigenvalue weighted by atomic mass is 35.5. The van der Waals surface area contributed by atoms with Gasteiger partial charge in [0.1, 0.15) is 5.56 Å². The quantitative estimate of drug-likeness (QED) is 0.499. The first-order valence-electron chi connectivity index (χ1n) is 5.92. The van der Waals surface area contributed by atoms with E-state index in [0.717, 1.165) is 6.42 Å². The molecule has 0 saturated heterocycles. The lowest BCUT2D eigenvalue weighted by Gasteiger charge is -2.10. The van der Waals surface area contributed by atoms with Crippen LogP contribution >= 0.6 is 11.6 Å². The molecular weight excluding hydrogens is 294 g/mol. The Morgan fingerprint density at radius 1 is 1.45 bits per heavy atom. The molecule has 8 heteroatoms. The fraction of sp³-hybridized carbons (Fsp3) is 0.417. The van der Waals surface area contributed by atoms with Crippen molar-refractivity contribution < 1.29 is 18.5 Å². The minimum Gasteiger partial charge on any atom is -0.350 e. The van der Waals surface area contributed by atoms with E-state index in [0.29, 0.717) is 18.6 Å². The Morgan fingerprint density at radius 3 is 2.60 bits per heavy atom.